The molecular formula is C10H13IN2. The summed E-state index contributed by atoms with van der Waals surface area (Å²) in [5.74, 6) is 0.681. The van der Waals surface area contributed by atoms with Crippen LogP contribution in [0.2, 0.25) is 0 Å². The smallest absolute Gasteiger partial charge is 0.0303 e. The Bertz CT molecular complexity index is 266. The monoisotopic (exact) mass is 288 g/mol. The Balaban J connectivity index is 2.12. The van der Waals surface area contributed by atoms with Crippen LogP contribution in [0.5, 0.6) is 0 Å². The Morgan fingerprint density at radius 2 is 2.46 bits per heavy atom. The number of halogens is 1. The zero-order valence-electron chi connectivity index (χ0n) is 7.65. The molecule has 2 heterocycles. The van der Waals surface area contributed by atoms with Gasteiger partial charge >= 0.3 is 0 Å². The fraction of sp³-hybridized carbons (Fsp3) is 0.500. The summed E-state index contributed by atoms with van der Waals surface area (Å²) >= 11 is 2.41. The minimum atomic E-state index is 0.681. The van der Waals surface area contributed by atoms with Crippen LogP contribution >= 0.6 is 22.9 Å². The van der Waals surface area contributed by atoms with Gasteiger partial charge in [-0.15, -0.1) is 0 Å². The number of hydrogen-bond donors (Lipinski definition) is 0. The van der Waals surface area contributed by atoms with Crippen LogP contribution in [0.15, 0.2) is 24.5 Å². The van der Waals surface area contributed by atoms with E-state index in [9.17, 15) is 0 Å². The molecule has 1 aromatic rings. The molecule has 2 atom stereocenters. The molecule has 3 heteroatoms. The van der Waals surface area contributed by atoms with Crippen molar-refractivity contribution in [3.63, 3.8) is 0 Å². The van der Waals surface area contributed by atoms with Crippen molar-refractivity contribution in [2.45, 2.75) is 25.3 Å². The highest BCUT2D eigenvalue weighted by atomic mass is 127. The average Bonchev–Trinajstić information content (AvgIpc) is 2.49. The van der Waals surface area contributed by atoms with E-state index in [4.69, 9.17) is 0 Å². The maximum absolute atomic E-state index is 4.16. The minimum absolute atomic E-state index is 0.681. The topological polar surface area (TPSA) is 16.1 Å². The van der Waals surface area contributed by atoms with Gasteiger partial charge < -0.3 is 0 Å². The summed E-state index contributed by atoms with van der Waals surface area (Å²) < 4.78 is 2.38. The van der Waals surface area contributed by atoms with Crippen LogP contribution in [0.4, 0.5) is 0 Å². The zero-order chi connectivity index (χ0) is 9.26. The predicted octanol–water partition coefficient (Wildman–Crippen LogP) is 2.61. The summed E-state index contributed by atoms with van der Waals surface area (Å²) in [4.78, 5) is 4.16. The Kier molecular flexibility index (Phi) is 2.83. The standard InChI is InChI=1S/C10H13IN2/c1-8-5-10(7-13(8)11)9-3-2-4-12-6-9/h2-4,6,8,10H,5,7H2,1H3. The number of rotatable bonds is 1. The lowest BCUT2D eigenvalue weighted by atomic mass is 9.98. The molecule has 13 heavy (non-hydrogen) atoms. The van der Waals surface area contributed by atoms with Crippen molar-refractivity contribution < 1.29 is 0 Å². The van der Waals surface area contributed by atoms with Gasteiger partial charge in [0, 0.05) is 53.8 Å². The van der Waals surface area contributed by atoms with Gasteiger partial charge in [0.25, 0.3) is 0 Å². The zero-order valence-corrected chi connectivity index (χ0v) is 9.81. The van der Waals surface area contributed by atoms with E-state index in [-0.39, 0.29) is 0 Å². The Labute approximate surface area is 92.8 Å². The first-order valence-corrected chi connectivity index (χ1v) is 5.56. The van der Waals surface area contributed by atoms with Crippen molar-refractivity contribution in [3.8, 4) is 0 Å². The molecule has 2 nitrogen and oxygen atoms in total. The van der Waals surface area contributed by atoms with E-state index >= 15 is 0 Å². The molecule has 0 radical (unpaired) electrons. The summed E-state index contributed by atoms with van der Waals surface area (Å²) in [6, 6.07) is 4.90. The molecule has 1 fully saturated rings. The van der Waals surface area contributed by atoms with Crippen molar-refractivity contribution in [1.82, 2.24) is 8.10 Å². The molecule has 2 unspecified atom stereocenters. The third kappa shape index (κ3) is 2.02. The van der Waals surface area contributed by atoms with Gasteiger partial charge in [-0.25, -0.2) is 3.11 Å². The van der Waals surface area contributed by atoms with Gasteiger partial charge in [-0.05, 0) is 25.0 Å². The van der Waals surface area contributed by atoms with Crippen molar-refractivity contribution in [2.24, 2.45) is 0 Å². The minimum Gasteiger partial charge on any atom is -0.264 e. The van der Waals surface area contributed by atoms with Crippen LogP contribution in [0.3, 0.4) is 0 Å². The molecule has 0 N–H and O–H groups in total. The first kappa shape index (κ1) is 9.40. The highest BCUT2D eigenvalue weighted by molar-refractivity contribution is 14.1. The van der Waals surface area contributed by atoms with E-state index < -0.39 is 0 Å². The van der Waals surface area contributed by atoms with E-state index in [2.05, 4.69) is 44.0 Å². The van der Waals surface area contributed by atoms with Crippen molar-refractivity contribution in [3.05, 3.63) is 30.1 Å². The molecule has 0 saturated carbocycles. The molecule has 2 rings (SSSR count). The molecule has 0 bridgehead atoms. The molecule has 0 aromatic carbocycles. The van der Waals surface area contributed by atoms with Gasteiger partial charge in [-0.2, -0.15) is 0 Å². The lowest BCUT2D eigenvalue weighted by Crippen LogP contribution is -2.14. The second kappa shape index (κ2) is 3.92. The normalized spacial score (nSPS) is 29.4. The third-order valence-corrected chi connectivity index (χ3v) is 4.00. The number of nitrogens with zero attached hydrogens (tertiary/aromatic N) is 2. The van der Waals surface area contributed by atoms with E-state index in [1.807, 2.05) is 18.5 Å². The molecule has 0 spiro atoms. The van der Waals surface area contributed by atoms with Gasteiger partial charge in [-0.3, -0.25) is 4.98 Å². The summed E-state index contributed by atoms with van der Waals surface area (Å²) in [7, 11) is 0. The number of aromatic nitrogens is 1. The summed E-state index contributed by atoms with van der Waals surface area (Å²) in [6.45, 7) is 3.44. The van der Waals surface area contributed by atoms with Crippen LogP contribution in [0, 0.1) is 0 Å². The fourth-order valence-electron chi connectivity index (χ4n) is 1.85. The van der Waals surface area contributed by atoms with E-state index in [1.54, 1.807) is 0 Å². The van der Waals surface area contributed by atoms with Crippen molar-refractivity contribution in [2.75, 3.05) is 6.54 Å². The first-order valence-electron chi connectivity index (χ1n) is 4.59. The van der Waals surface area contributed by atoms with Crippen LogP contribution in [-0.4, -0.2) is 20.7 Å². The summed E-state index contributed by atoms with van der Waals surface area (Å²) in [5.41, 5.74) is 1.38. The lowest BCUT2D eigenvalue weighted by molar-refractivity contribution is 0.504. The molecule has 1 aliphatic rings. The van der Waals surface area contributed by atoms with Crippen LogP contribution < -0.4 is 0 Å². The highest BCUT2D eigenvalue weighted by Gasteiger charge is 2.28. The van der Waals surface area contributed by atoms with Gasteiger partial charge in [0.2, 0.25) is 0 Å². The van der Waals surface area contributed by atoms with Gasteiger partial charge in [0.1, 0.15) is 0 Å². The maximum Gasteiger partial charge on any atom is 0.0303 e. The lowest BCUT2D eigenvalue weighted by Gasteiger charge is -2.09. The Morgan fingerprint density at radius 1 is 1.62 bits per heavy atom. The first-order chi connectivity index (χ1) is 6.27. The fourth-order valence-corrected chi connectivity index (χ4v) is 2.55. The molecule has 1 aliphatic heterocycles. The summed E-state index contributed by atoms with van der Waals surface area (Å²) in [6.07, 6.45) is 5.09. The van der Waals surface area contributed by atoms with Gasteiger partial charge in [0.15, 0.2) is 0 Å². The van der Waals surface area contributed by atoms with Crippen molar-refractivity contribution in [1.29, 1.82) is 0 Å². The maximum atomic E-state index is 4.16. The SMILES string of the molecule is CC1CC(c2cccnc2)CN1I. The van der Waals surface area contributed by atoms with E-state index in [1.165, 1.54) is 12.0 Å². The van der Waals surface area contributed by atoms with Crippen molar-refractivity contribution >= 4 is 22.9 Å². The average molecular weight is 288 g/mol. The second-order valence-electron chi connectivity index (χ2n) is 3.65. The van der Waals surface area contributed by atoms with E-state index in [0.717, 1.165) is 6.54 Å². The van der Waals surface area contributed by atoms with Gasteiger partial charge in [0.05, 0.1) is 0 Å². The quantitative estimate of drug-likeness (QED) is 0.583. The molecule has 1 saturated heterocycles. The molecular weight excluding hydrogens is 275 g/mol. The second-order valence-corrected chi connectivity index (χ2v) is 4.89. The molecule has 0 aliphatic carbocycles. The molecule has 1 aromatic heterocycles. The van der Waals surface area contributed by atoms with Gasteiger partial charge in [-0.1, -0.05) is 6.07 Å². The van der Waals surface area contributed by atoms with Crippen LogP contribution in [-0.2, 0) is 0 Å². The van der Waals surface area contributed by atoms with Crippen LogP contribution in [0.25, 0.3) is 0 Å². The highest BCUT2D eigenvalue weighted by Crippen LogP contribution is 2.32. The van der Waals surface area contributed by atoms with E-state index in [0.29, 0.717) is 12.0 Å². The Morgan fingerprint density at radius 3 is 3.00 bits per heavy atom. The summed E-state index contributed by atoms with van der Waals surface area (Å²) in [5, 5.41) is 0. The number of hydrogen-bond acceptors (Lipinski definition) is 2. The largest absolute Gasteiger partial charge is 0.264 e. The molecule has 70 valence electrons. The predicted molar refractivity (Wildman–Crippen MR) is 61.8 cm³/mol. The third-order valence-electron chi connectivity index (χ3n) is 2.65. The Hall–Kier alpha value is -0.160. The molecule has 0 amide bonds. The van der Waals surface area contributed by atoms with Crippen LogP contribution in [0.1, 0.15) is 24.8 Å². The number of pyridine rings is 1.